The maximum Gasteiger partial charge on any atom is 0.349 e. The third-order valence-electron chi connectivity index (χ3n) is 5.93. The summed E-state index contributed by atoms with van der Waals surface area (Å²) < 4.78 is 47.2. The standard InChI is InChI=1S/C16H21ClO11.C16H22O12.C2Cl2O2.CCl4/c1-7(18)24-6-12(25-8(2)19)13(26-9(3)20)14(27-10(4)21)15(16(17)23)28-11(5)22;1-7(17)24-6-12(25-8(2)18)13(26-9(3)19)14(27-10(4)20)15(16(22)23)28-11(5)21;3-1(5)2(4)6;2-1(3,4)5/h12-15H,6H2,1-5H3;12-15H,6H2,1-5H3,(H,22,23);;/t2*12-,13-,14+,15-;;/m11../s1. The molecule has 32 heteroatoms. The molecule has 0 aromatic carbocycles. The molecule has 0 aliphatic rings. The van der Waals surface area contributed by atoms with Gasteiger partial charge in [0, 0.05) is 69.2 Å². The lowest BCUT2D eigenvalue weighted by Crippen LogP contribution is -2.55. The van der Waals surface area contributed by atoms with Gasteiger partial charge in [0.25, 0.3) is 8.49 Å². The summed E-state index contributed by atoms with van der Waals surface area (Å²) in [5, 5.41) is 5.83. The zero-order chi connectivity index (χ0) is 53.7. The van der Waals surface area contributed by atoms with Crippen LogP contribution in [0.15, 0.2) is 0 Å². The van der Waals surface area contributed by atoms with Crippen molar-refractivity contribution < 1.29 is 120 Å². The first-order valence-corrected chi connectivity index (χ1v) is 20.2. The van der Waals surface area contributed by atoms with E-state index in [1.165, 1.54) is 0 Å². The van der Waals surface area contributed by atoms with Gasteiger partial charge in [-0.3, -0.25) is 62.3 Å². The molecule has 382 valence electrons. The third-order valence-corrected chi connectivity index (χ3v) is 6.58. The first-order chi connectivity index (χ1) is 30.3. The maximum absolute atomic E-state index is 11.8. The van der Waals surface area contributed by atoms with Crippen molar-refractivity contribution in [1.29, 1.82) is 0 Å². The summed E-state index contributed by atoms with van der Waals surface area (Å²) in [5.41, 5.74) is 0. The van der Waals surface area contributed by atoms with E-state index in [4.69, 9.17) is 101 Å². The molecule has 0 spiro atoms. The number of carbonyl (C=O) groups is 14. The van der Waals surface area contributed by atoms with E-state index in [1.807, 2.05) is 0 Å². The lowest BCUT2D eigenvalue weighted by atomic mass is 10.0. The smallest absolute Gasteiger partial charge is 0.349 e. The summed E-state index contributed by atoms with van der Waals surface area (Å²) in [7, 11) is 0. The quantitative estimate of drug-likeness (QED) is 0.0567. The van der Waals surface area contributed by atoms with Crippen LogP contribution in [-0.2, 0) is 114 Å². The van der Waals surface area contributed by atoms with Gasteiger partial charge in [-0.15, -0.1) is 0 Å². The summed E-state index contributed by atoms with van der Waals surface area (Å²) in [5.74, 6) is -10.9. The largest absolute Gasteiger partial charge is 0.478 e. The van der Waals surface area contributed by atoms with Crippen molar-refractivity contribution in [3.8, 4) is 0 Å². The van der Waals surface area contributed by atoms with Crippen LogP contribution in [0.2, 0.25) is 0 Å². The van der Waals surface area contributed by atoms with Gasteiger partial charge in [-0.25, -0.2) is 4.79 Å². The Hall–Kier alpha value is -4.79. The minimum Gasteiger partial charge on any atom is -0.478 e. The molecular formula is C35H43Cl7O25. The lowest BCUT2D eigenvalue weighted by molar-refractivity contribution is -0.206. The van der Waals surface area contributed by atoms with Crippen LogP contribution in [0.5, 0.6) is 0 Å². The molecule has 67 heavy (non-hydrogen) atoms. The van der Waals surface area contributed by atoms with Crippen molar-refractivity contribution in [2.45, 2.75) is 121 Å². The van der Waals surface area contributed by atoms with Crippen LogP contribution in [0.3, 0.4) is 0 Å². The first-order valence-electron chi connectivity index (χ1n) is 17.6. The Balaban J connectivity index is -0.000000482. The Kier molecular flexibility index (Phi) is 36.3. The van der Waals surface area contributed by atoms with E-state index in [0.29, 0.717) is 0 Å². The van der Waals surface area contributed by atoms with Crippen LogP contribution in [-0.4, -0.2) is 152 Å². The fourth-order valence-corrected chi connectivity index (χ4v) is 4.32. The molecule has 0 aromatic rings. The molecule has 0 aliphatic heterocycles. The Morgan fingerprint density at radius 3 is 0.791 bits per heavy atom. The number of esters is 10. The van der Waals surface area contributed by atoms with Gasteiger partial charge >= 0.3 is 76.1 Å². The zero-order valence-corrected chi connectivity index (χ0v) is 41.7. The van der Waals surface area contributed by atoms with Crippen molar-refractivity contribution >= 4 is 163 Å². The molecule has 0 unspecified atom stereocenters. The minimum absolute atomic E-state index is 0.617. The summed E-state index contributed by atoms with van der Waals surface area (Å²) in [6, 6.07) is 0. The molecule has 0 heterocycles. The second kappa shape index (κ2) is 35.4. The van der Waals surface area contributed by atoms with E-state index in [2.05, 4.69) is 27.9 Å². The van der Waals surface area contributed by atoms with Crippen LogP contribution < -0.4 is 0 Å². The fourth-order valence-electron chi connectivity index (χ4n) is 4.15. The number of halogens is 7. The lowest BCUT2D eigenvalue weighted by Gasteiger charge is -2.34. The van der Waals surface area contributed by atoms with E-state index in [0.717, 1.165) is 69.2 Å². The first kappa shape index (κ1) is 68.8. The van der Waals surface area contributed by atoms with Gasteiger partial charge in [-0.2, -0.15) is 0 Å². The molecule has 0 rings (SSSR count). The molecule has 8 atom stereocenters. The summed E-state index contributed by atoms with van der Waals surface area (Å²) >= 11 is 33.7. The Morgan fingerprint density at radius 1 is 0.373 bits per heavy atom. The molecule has 1 N–H and O–H groups in total. The Bertz CT molecular complexity index is 1660. The fraction of sp³-hybridized carbons (Fsp3) is 0.600. The van der Waals surface area contributed by atoms with Gasteiger partial charge < -0.3 is 52.5 Å². The van der Waals surface area contributed by atoms with Gasteiger partial charge in [-0.1, -0.05) is 46.4 Å². The number of hydrogen-bond acceptors (Lipinski definition) is 24. The third kappa shape index (κ3) is 40.0. The number of rotatable bonds is 21. The predicted octanol–water partition coefficient (Wildman–Crippen LogP) is 2.47. The SMILES string of the molecule is CC(=O)OC[C@@H](OC(C)=O)[C@@H](OC(C)=O)[C@H](OC(C)=O)[C@@H](OC(C)=O)C(=O)Cl.CC(=O)OC[C@@H](OC(C)=O)[C@@H](OC(C)=O)[C@H](OC(C)=O)[C@@H](OC(C)=O)C(=O)O.ClC(Cl)(Cl)Cl.O=C(Cl)C(=O)Cl. The molecule has 0 amide bonds. The molecule has 0 aliphatic carbocycles. The summed E-state index contributed by atoms with van der Waals surface area (Å²) in [6.45, 7) is 8.55. The molecule has 0 fully saturated rings. The molecule has 0 aromatic heterocycles. The van der Waals surface area contributed by atoms with Crippen LogP contribution >= 0.6 is 81.2 Å². The van der Waals surface area contributed by atoms with Gasteiger partial charge in [0.2, 0.25) is 12.2 Å². The monoisotopic (exact) mass is 1110 g/mol. The summed E-state index contributed by atoms with van der Waals surface area (Å²) in [6.07, 6.45) is -14.3. The molecule has 0 saturated heterocycles. The molecule has 0 saturated carbocycles. The van der Waals surface area contributed by atoms with Crippen LogP contribution in [0, 0.1) is 0 Å². The van der Waals surface area contributed by atoms with Crippen LogP contribution in [0.1, 0.15) is 69.2 Å². The van der Waals surface area contributed by atoms with Crippen molar-refractivity contribution in [1.82, 2.24) is 0 Å². The van der Waals surface area contributed by atoms with E-state index < -0.39 is 147 Å². The van der Waals surface area contributed by atoms with Gasteiger partial charge in [0.15, 0.2) is 36.6 Å². The van der Waals surface area contributed by atoms with E-state index in [9.17, 15) is 72.2 Å². The van der Waals surface area contributed by atoms with E-state index >= 15 is 0 Å². The molecule has 25 nitrogen and oxygen atoms in total. The van der Waals surface area contributed by atoms with Gasteiger partial charge in [0.05, 0.1) is 0 Å². The number of hydrogen-bond donors (Lipinski definition) is 1. The molecular weight excluding hydrogens is 1070 g/mol. The highest BCUT2D eigenvalue weighted by molar-refractivity contribution is 6.97. The number of aliphatic carboxylic acids is 1. The topological polar surface area (TPSA) is 352 Å². The summed E-state index contributed by atoms with van der Waals surface area (Å²) in [4.78, 5) is 156. The second-order valence-corrected chi connectivity index (χ2v) is 16.4. The second-order valence-electron chi connectivity index (χ2n) is 11.9. The van der Waals surface area contributed by atoms with Gasteiger partial charge in [0.1, 0.15) is 13.2 Å². The van der Waals surface area contributed by atoms with Crippen molar-refractivity contribution in [3.05, 3.63) is 0 Å². The van der Waals surface area contributed by atoms with E-state index in [-0.39, 0.29) is 0 Å². The number of carboxylic acid groups (broad SMARTS) is 1. The predicted molar refractivity (Wildman–Crippen MR) is 224 cm³/mol. The normalized spacial score (nSPS) is 13.7. The maximum atomic E-state index is 11.8. The van der Waals surface area contributed by atoms with Gasteiger partial charge in [-0.05, 0) is 34.8 Å². The zero-order valence-electron chi connectivity index (χ0n) is 36.4. The average Bonchev–Trinajstić information content (AvgIpc) is 3.11. The Labute approximate surface area is 414 Å². The number of ether oxygens (including phenoxy) is 10. The van der Waals surface area contributed by atoms with Crippen LogP contribution in [0.25, 0.3) is 0 Å². The van der Waals surface area contributed by atoms with Crippen molar-refractivity contribution in [3.63, 3.8) is 0 Å². The van der Waals surface area contributed by atoms with Crippen LogP contribution in [0.4, 0.5) is 0 Å². The highest BCUT2D eigenvalue weighted by Gasteiger charge is 2.48. The van der Waals surface area contributed by atoms with Crippen molar-refractivity contribution in [2.24, 2.45) is 0 Å². The highest BCUT2D eigenvalue weighted by Crippen LogP contribution is 2.30. The molecule has 0 radical (unpaired) electrons. The highest BCUT2D eigenvalue weighted by atomic mass is 35.6. The van der Waals surface area contributed by atoms with Crippen molar-refractivity contribution in [2.75, 3.05) is 13.2 Å². The minimum atomic E-state index is -2.11. The Morgan fingerprint density at radius 2 is 0.597 bits per heavy atom. The number of carbonyl (C=O) groups excluding carboxylic acids is 13. The number of alkyl halides is 4. The number of carboxylic acids is 1. The average molecular weight is 1110 g/mol. The van der Waals surface area contributed by atoms with E-state index in [1.54, 1.807) is 0 Å². The molecule has 0 bridgehead atoms.